The number of aliphatic hydroxyl groups is 1. The van der Waals surface area contributed by atoms with Gasteiger partial charge in [-0.2, -0.15) is 0 Å². The molecule has 0 radical (unpaired) electrons. The van der Waals surface area contributed by atoms with E-state index in [1.165, 1.54) is 6.42 Å². The Morgan fingerprint density at radius 3 is 2.60 bits per heavy atom. The highest BCUT2D eigenvalue weighted by atomic mass is 16.3. The highest BCUT2D eigenvalue weighted by Crippen LogP contribution is 2.23. The minimum Gasteiger partial charge on any atom is -0.391 e. The predicted octanol–water partition coefficient (Wildman–Crippen LogP) is 0.966. The van der Waals surface area contributed by atoms with E-state index in [9.17, 15) is 5.11 Å². The van der Waals surface area contributed by atoms with E-state index in [1.54, 1.807) is 0 Å². The molecule has 0 aliphatic carbocycles. The summed E-state index contributed by atoms with van der Waals surface area (Å²) in [6, 6.07) is 0.240. The fourth-order valence-corrected chi connectivity index (χ4v) is 2.51. The topological polar surface area (TPSA) is 58.3 Å². The van der Waals surface area contributed by atoms with Gasteiger partial charge in [0.15, 0.2) is 0 Å². The molecule has 0 aromatic heterocycles. The summed E-state index contributed by atoms with van der Waals surface area (Å²) in [7, 11) is 0. The molecule has 3 heteroatoms. The second-order valence-electron chi connectivity index (χ2n) is 5.32. The van der Waals surface area contributed by atoms with E-state index in [1.807, 2.05) is 0 Å². The average molecular weight is 214 g/mol. The van der Waals surface area contributed by atoms with Crippen LogP contribution in [0.1, 0.15) is 33.6 Å². The zero-order chi connectivity index (χ0) is 11.4. The van der Waals surface area contributed by atoms with Gasteiger partial charge in [0.25, 0.3) is 0 Å². The summed E-state index contributed by atoms with van der Waals surface area (Å²) < 4.78 is 0. The maximum Gasteiger partial charge on any atom is 0.0735 e. The lowest BCUT2D eigenvalue weighted by atomic mass is 9.81. The van der Waals surface area contributed by atoms with Crippen LogP contribution >= 0.6 is 0 Å². The van der Waals surface area contributed by atoms with Crippen molar-refractivity contribution in [3.8, 4) is 0 Å². The number of nitrogens with one attached hydrogen (secondary N) is 1. The number of aliphatic hydroxyl groups excluding tert-OH is 1. The molecule has 1 aliphatic heterocycles. The lowest BCUT2D eigenvalue weighted by Crippen LogP contribution is -2.50. The van der Waals surface area contributed by atoms with Crippen molar-refractivity contribution in [2.45, 2.75) is 45.8 Å². The van der Waals surface area contributed by atoms with E-state index < -0.39 is 0 Å². The summed E-state index contributed by atoms with van der Waals surface area (Å²) in [5.74, 6) is 1.38. The summed E-state index contributed by atoms with van der Waals surface area (Å²) in [4.78, 5) is 0. The Kier molecular flexibility index (Phi) is 5.03. The van der Waals surface area contributed by atoms with Crippen LogP contribution in [-0.4, -0.2) is 30.3 Å². The van der Waals surface area contributed by atoms with Crippen LogP contribution < -0.4 is 11.1 Å². The summed E-state index contributed by atoms with van der Waals surface area (Å²) in [5.41, 5.74) is 5.73. The third-order valence-electron chi connectivity index (χ3n) is 3.68. The Morgan fingerprint density at radius 1 is 1.47 bits per heavy atom. The highest BCUT2D eigenvalue weighted by Gasteiger charge is 2.31. The van der Waals surface area contributed by atoms with Crippen LogP contribution in [-0.2, 0) is 0 Å². The molecule has 4 N–H and O–H groups in total. The molecule has 4 atom stereocenters. The zero-order valence-corrected chi connectivity index (χ0v) is 10.2. The van der Waals surface area contributed by atoms with Crippen molar-refractivity contribution >= 4 is 0 Å². The minimum absolute atomic E-state index is 0.216. The maximum absolute atomic E-state index is 10.3. The van der Waals surface area contributed by atoms with Gasteiger partial charge in [0.05, 0.1) is 6.10 Å². The lowest BCUT2D eigenvalue weighted by molar-refractivity contribution is 0.0348. The van der Waals surface area contributed by atoms with Gasteiger partial charge in [0, 0.05) is 12.0 Å². The predicted molar refractivity (Wildman–Crippen MR) is 63.6 cm³/mol. The molecule has 0 aromatic rings. The first-order chi connectivity index (χ1) is 7.06. The first-order valence-corrected chi connectivity index (χ1v) is 6.17. The molecule has 1 rings (SSSR count). The van der Waals surface area contributed by atoms with Crippen LogP contribution in [0.4, 0.5) is 0 Å². The van der Waals surface area contributed by atoms with Crippen LogP contribution in [0, 0.1) is 17.8 Å². The van der Waals surface area contributed by atoms with E-state index in [-0.39, 0.29) is 18.1 Å². The van der Waals surface area contributed by atoms with Crippen LogP contribution in [0.5, 0.6) is 0 Å². The first-order valence-electron chi connectivity index (χ1n) is 6.17. The fourth-order valence-electron chi connectivity index (χ4n) is 2.51. The van der Waals surface area contributed by atoms with Gasteiger partial charge in [-0.3, -0.25) is 0 Å². The zero-order valence-electron chi connectivity index (χ0n) is 10.2. The van der Waals surface area contributed by atoms with E-state index >= 15 is 0 Å². The second kappa shape index (κ2) is 5.83. The van der Waals surface area contributed by atoms with E-state index in [4.69, 9.17) is 5.73 Å². The summed E-state index contributed by atoms with van der Waals surface area (Å²) in [5, 5.41) is 13.7. The molecule has 90 valence electrons. The average Bonchev–Trinajstić information content (AvgIpc) is 2.18. The van der Waals surface area contributed by atoms with Gasteiger partial charge in [-0.15, -0.1) is 0 Å². The normalized spacial score (nSPS) is 31.6. The molecule has 0 saturated carbocycles. The number of piperidine rings is 1. The van der Waals surface area contributed by atoms with Crippen molar-refractivity contribution in [2.75, 3.05) is 13.1 Å². The second-order valence-corrected chi connectivity index (χ2v) is 5.32. The maximum atomic E-state index is 10.3. The van der Waals surface area contributed by atoms with Gasteiger partial charge in [-0.05, 0) is 37.8 Å². The Labute approximate surface area is 93.4 Å². The van der Waals surface area contributed by atoms with Gasteiger partial charge < -0.3 is 16.2 Å². The van der Waals surface area contributed by atoms with Crippen molar-refractivity contribution in [1.82, 2.24) is 5.32 Å². The van der Waals surface area contributed by atoms with Gasteiger partial charge in [-0.25, -0.2) is 0 Å². The Morgan fingerprint density at radius 2 is 2.13 bits per heavy atom. The Hall–Kier alpha value is -0.120. The molecule has 4 unspecified atom stereocenters. The van der Waals surface area contributed by atoms with Gasteiger partial charge >= 0.3 is 0 Å². The number of nitrogens with two attached hydrogens (primary N) is 1. The molecule has 0 bridgehead atoms. The largest absolute Gasteiger partial charge is 0.391 e. The summed E-state index contributed by atoms with van der Waals surface area (Å²) in [6.45, 7) is 8.12. The van der Waals surface area contributed by atoms with Crippen molar-refractivity contribution in [3.63, 3.8) is 0 Å². The van der Waals surface area contributed by atoms with Gasteiger partial charge in [0.1, 0.15) is 0 Å². The molecule has 0 amide bonds. The summed E-state index contributed by atoms with van der Waals surface area (Å²) >= 11 is 0. The minimum atomic E-state index is -0.294. The number of hydrogen-bond acceptors (Lipinski definition) is 3. The SMILES string of the molecule is CC1CCNC(C(O)C(CN)C(C)C)C1. The molecular weight excluding hydrogens is 188 g/mol. The van der Waals surface area contributed by atoms with E-state index in [2.05, 4.69) is 26.1 Å². The van der Waals surface area contributed by atoms with Gasteiger partial charge in [0.2, 0.25) is 0 Å². The monoisotopic (exact) mass is 214 g/mol. The van der Waals surface area contributed by atoms with Crippen LogP contribution in [0.25, 0.3) is 0 Å². The van der Waals surface area contributed by atoms with Crippen molar-refractivity contribution in [3.05, 3.63) is 0 Å². The fraction of sp³-hybridized carbons (Fsp3) is 1.00. The van der Waals surface area contributed by atoms with Crippen LogP contribution in [0.3, 0.4) is 0 Å². The van der Waals surface area contributed by atoms with Gasteiger partial charge in [-0.1, -0.05) is 20.8 Å². The van der Waals surface area contributed by atoms with Crippen molar-refractivity contribution in [2.24, 2.45) is 23.5 Å². The highest BCUT2D eigenvalue weighted by molar-refractivity contribution is 4.87. The lowest BCUT2D eigenvalue weighted by Gasteiger charge is -2.36. The van der Waals surface area contributed by atoms with Crippen LogP contribution in [0.2, 0.25) is 0 Å². The summed E-state index contributed by atoms with van der Waals surface area (Å²) in [6.07, 6.45) is 2.00. The third-order valence-corrected chi connectivity index (χ3v) is 3.68. The van der Waals surface area contributed by atoms with E-state index in [0.29, 0.717) is 12.5 Å². The molecule has 1 heterocycles. The van der Waals surface area contributed by atoms with E-state index in [0.717, 1.165) is 18.9 Å². The number of rotatable bonds is 4. The molecular formula is C12H26N2O. The molecule has 1 saturated heterocycles. The molecule has 3 nitrogen and oxygen atoms in total. The smallest absolute Gasteiger partial charge is 0.0735 e. The van der Waals surface area contributed by atoms with Crippen molar-refractivity contribution in [1.29, 1.82) is 0 Å². The Bertz CT molecular complexity index is 184. The first kappa shape index (κ1) is 12.9. The molecule has 1 aliphatic rings. The van der Waals surface area contributed by atoms with Crippen molar-refractivity contribution < 1.29 is 5.11 Å². The Balaban J connectivity index is 2.53. The standard InChI is InChI=1S/C12H26N2O/c1-8(2)10(7-13)12(15)11-6-9(3)4-5-14-11/h8-12,14-15H,4-7,13H2,1-3H3. The molecule has 15 heavy (non-hydrogen) atoms. The number of hydrogen-bond donors (Lipinski definition) is 3. The van der Waals surface area contributed by atoms with Crippen LogP contribution in [0.15, 0.2) is 0 Å². The molecule has 1 fully saturated rings. The molecule has 0 spiro atoms. The molecule has 0 aromatic carbocycles. The quantitative estimate of drug-likeness (QED) is 0.653. The third kappa shape index (κ3) is 3.44.